The molecule has 0 aliphatic rings. The first-order valence-electron chi connectivity index (χ1n) is 8.71. The molecule has 0 N–H and O–H groups in total. The Balaban J connectivity index is 1.94. The number of benzene rings is 3. The van der Waals surface area contributed by atoms with Crippen LogP contribution >= 0.6 is 0 Å². The van der Waals surface area contributed by atoms with Crippen molar-refractivity contribution in [3.63, 3.8) is 0 Å². The van der Waals surface area contributed by atoms with Gasteiger partial charge in [-0.15, -0.1) is 0 Å². The van der Waals surface area contributed by atoms with Crippen molar-refractivity contribution < 1.29 is 4.79 Å². The lowest BCUT2D eigenvalue weighted by Crippen LogP contribution is -2.31. The van der Waals surface area contributed by atoms with Crippen LogP contribution in [-0.2, 0) is 0 Å². The summed E-state index contributed by atoms with van der Waals surface area (Å²) in [5, 5.41) is 0. The minimum absolute atomic E-state index is 0.0800. The van der Waals surface area contributed by atoms with E-state index in [2.05, 4.69) is 62.1 Å². The monoisotopic (exact) mass is 344 g/mol. The molecule has 0 aromatic heterocycles. The van der Waals surface area contributed by atoms with Crippen molar-refractivity contribution in [2.24, 2.45) is 0 Å². The van der Waals surface area contributed by atoms with Crippen LogP contribution in [0, 0.1) is 0 Å². The fourth-order valence-electron chi connectivity index (χ4n) is 3.42. The molecule has 0 bridgehead atoms. The maximum atomic E-state index is 12.6. The molecule has 0 fully saturated rings. The molecule has 0 radical (unpaired) electrons. The molecule has 2 heteroatoms. The zero-order valence-electron chi connectivity index (χ0n) is 15.1. The van der Waals surface area contributed by atoms with Gasteiger partial charge in [-0.2, -0.15) is 0 Å². The van der Waals surface area contributed by atoms with Crippen LogP contribution in [-0.4, -0.2) is 13.9 Å². The van der Waals surface area contributed by atoms with Gasteiger partial charge in [0.25, 0.3) is 0 Å². The summed E-state index contributed by atoms with van der Waals surface area (Å²) in [6.07, 6.45) is 0. The van der Waals surface area contributed by atoms with Crippen LogP contribution in [0.15, 0.2) is 84.9 Å². The van der Waals surface area contributed by atoms with Crippen LogP contribution in [0.5, 0.6) is 0 Å². The number of hydrogen-bond acceptors (Lipinski definition) is 1. The number of hydrogen-bond donors (Lipinski definition) is 0. The lowest BCUT2D eigenvalue weighted by molar-refractivity contribution is 0.103. The van der Waals surface area contributed by atoms with E-state index in [0.717, 1.165) is 11.1 Å². The zero-order chi connectivity index (χ0) is 17.9. The smallest absolute Gasteiger partial charge is 0.193 e. The molecule has 25 heavy (non-hydrogen) atoms. The topological polar surface area (TPSA) is 17.1 Å². The maximum absolute atomic E-state index is 12.6. The van der Waals surface area contributed by atoms with Crippen LogP contribution in [0.2, 0.25) is 19.6 Å². The third kappa shape index (κ3) is 3.97. The Morgan fingerprint density at radius 1 is 0.640 bits per heavy atom. The summed E-state index contributed by atoms with van der Waals surface area (Å²) < 4.78 is 0. The number of carbonyl (C=O) groups excluding carboxylic acids is 1. The van der Waals surface area contributed by atoms with Crippen molar-refractivity contribution >= 4 is 13.9 Å². The second kappa shape index (κ2) is 7.20. The van der Waals surface area contributed by atoms with E-state index in [0.29, 0.717) is 5.54 Å². The molecule has 0 spiro atoms. The summed E-state index contributed by atoms with van der Waals surface area (Å²) in [6, 6.07) is 28.4. The molecule has 0 aliphatic carbocycles. The fraction of sp³-hybridized carbons (Fsp3) is 0.174. The third-order valence-electron chi connectivity index (χ3n) is 4.54. The van der Waals surface area contributed by atoms with Gasteiger partial charge < -0.3 is 0 Å². The van der Waals surface area contributed by atoms with E-state index in [-0.39, 0.29) is 5.78 Å². The van der Waals surface area contributed by atoms with Crippen molar-refractivity contribution in [3.8, 4) is 0 Å². The Kier molecular flexibility index (Phi) is 5.00. The molecule has 0 aliphatic heterocycles. The maximum Gasteiger partial charge on any atom is 0.193 e. The van der Waals surface area contributed by atoms with Crippen LogP contribution < -0.4 is 0 Å². The van der Waals surface area contributed by atoms with Gasteiger partial charge in [0.1, 0.15) is 0 Å². The number of carbonyl (C=O) groups is 1. The van der Waals surface area contributed by atoms with Crippen LogP contribution in [0.4, 0.5) is 0 Å². The first-order chi connectivity index (χ1) is 12.0. The summed E-state index contributed by atoms with van der Waals surface area (Å²) >= 11 is 0. The first kappa shape index (κ1) is 17.4. The van der Waals surface area contributed by atoms with Gasteiger partial charge in [0, 0.05) is 16.7 Å². The molecule has 3 rings (SSSR count). The summed E-state index contributed by atoms with van der Waals surface area (Å²) in [6.45, 7) is 7.19. The average molecular weight is 345 g/mol. The van der Waals surface area contributed by atoms with E-state index in [1.165, 1.54) is 11.1 Å². The second-order valence-electron chi connectivity index (χ2n) is 7.53. The highest BCUT2D eigenvalue weighted by atomic mass is 28.3. The Bertz CT molecular complexity index is 831. The van der Waals surface area contributed by atoms with Gasteiger partial charge in [0.15, 0.2) is 5.78 Å². The Hall–Kier alpha value is -2.45. The zero-order valence-corrected chi connectivity index (χ0v) is 16.1. The minimum atomic E-state index is -1.46. The predicted molar refractivity (Wildman–Crippen MR) is 108 cm³/mol. The molecule has 1 nitrogen and oxygen atoms in total. The lowest BCUT2D eigenvalue weighted by Gasteiger charge is -2.30. The van der Waals surface area contributed by atoms with Gasteiger partial charge in [-0.1, -0.05) is 105 Å². The molecule has 3 aromatic rings. The van der Waals surface area contributed by atoms with Crippen molar-refractivity contribution in [2.45, 2.75) is 25.2 Å². The molecular formula is C23H24OSi. The summed E-state index contributed by atoms with van der Waals surface area (Å²) in [4.78, 5) is 12.6. The van der Waals surface area contributed by atoms with E-state index in [9.17, 15) is 4.79 Å². The highest BCUT2D eigenvalue weighted by molar-refractivity contribution is 6.78. The van der Waals surface area contributed by atoms with Gasteiger partial charge in [0.05, 0.1) is 8.07 Å². The van der Waals surface area contributed by atoms with Crippen LogP contribution in [0.3, 0.4) is 0 Å². The molecule has 0 amide bonds. The van der Waals surface area contributed by atoms with Crippen molar-refractivity contribution in [1.29, 1.82) is 0 Å². The molecule has 1 atom stereocenters. The van der Waals surface area contributed by atoms with Gasteiger partial charge in [0.2, 0.25) is 0 Å². The van der Waals surface area contributed by atoms with E-state index in [4.69, 9.17) is 0 Å². The first-order valence-corrected chi connectivity index (χ1v) is 12.3. The summed E-state index contributed by atoms with van der Waals surface area (Å²) in [5.41, 5.74) is 4.57. The van der Waals surface area contributed by atoms with Crippen molar-refractivity contribution in [3.05, 3.63) is 107 Å². The number of ketones is 1. The highest BCUT2D eigenvalue weighted by Crippen LogP contribution is 2.34. The highest BCUT2D eigenvalue weighted by Gasteiger charge is 2.29. The Labute approximate surface area is 151 Å². The second-order valence-corrected chi connectivity index (χ2v) is 12.8. The third-order valence-corrected chi connectivity index (χ3v) is 6.94. The molecule has 1 unspecified atom stereocenters. The van der Waals surface area contributed by atoms with E-state index in [1.807, 2.05) is 42.5 Å². The molecule has 126 valence electrons. The number of rotatable bonds is 5. The largest absolute Gasteiger partial charge is 0.289 e. The van der Waals surface area contributed by atoms with Gasteiger partial charge in [-0.3, -0.25) is 4.79 Å². The fourth-order valence-corrected chi connectivity index (χ4v) is 5.81. The van der Waals surface area contributed by atoms with Crippen LogP contribution in [0.1, 0.15) is 32.6 Å². The molecule has 0 saturated carbocycles. The summed E-state index contributed by atoms with van der Waals surface area (Å²) in [7, 11) is -1.46. The van der Waals surface area contributed by atoms with Crippen molar-refractivity contribution in [2.75, 3.05) is 0 Å². The molecule has 0 saturated heterocycles. The van der Waals surface area contributed by atoms with E-state index < -0.39 is 8.07 Å². The lowest BCUT2D eigenvalue weighted by atomic mass is 9.99. The van der Waals surface area contributed by atoms with Crippen molar-refractivity contribution in [1.82, 2.24) is 0 Å². The molecule has 0 heterocycles. The van der Waals surface area contributed by atoms with Gasteiger partial charge in [-0.05, 0) is 11.1 Å². The standard InChI is InChI=1S/C23H24OSi/c1-25(2,3)23(20-12-8-5-9-13-20)21-16-14-19(15-17-21)22(24)18-10-6-4-7-11-18/h4-17,23H,1-3H3. The normalized spacial score (nSPS) is 12.6. The Morgan fingerprint density at radius 3 is 1.60 bits per heavy atom. The summed E-state index contributed by atoms with van der Waals surface area (Å²) in [5.74, 6) is 0.0800. The van der Waals surface area contributed by atoms with E-state index in [1.54, 1.807) is 0 Å². The van der Waals surface area contributed by atoms with Gasteiger partial charge in [-0.25, -0.2) is 0 Å². The SMILES string of the molecule is C[Si](C)(C)C(c1ccccc1)c1ccc(C(=O)c2ccccc2)cc1. The quantitative estimate of drug-likeness (QED) is 0.414. The molecule has 3 aromatic carbocycles. The van der Waals surface area contributed by atoms with Gasteiger partial charge >= 0.3 is 0 Å². The Morgan fingerprint density at radius 2 is 1.08 bits per heavy atom. The predicted octanol–water partition coefficient (Wildman–Crippen LogP) is 5.93. The average Bonchev–Trinajstić information content (AvgIpc) is 2.62. The molecular weight excluding hydrogens is 320 g/mol. The van der Waals surface area contributed by atoms with Crippen LogP contribution in [0.25, 0.3) is 0 Å². The minimum Gasteiger partial charge on any atom is -0.289 e. The van der Waals surface area contributed by atoms with E-state index >= 15 is 0 Å².